The van der Waals surface area contributed by atoms with Crippen molar-refractivity contribution in [3.05, 3.63) is 29.6 Å². The molecule has 1 saturated carbocycles. The first-order valence-electron chi connectivity index (χ1n) is 9.13. The molecule has 128 valence electrons. The molecule has 0 aromatic carbocycles. The number of rotatable bonds is 2. The molecule has 2 atom stereocenters. The minimum atomic E-state index is 0.103. The molecular weight excluding hydrogens is 302 g/mol. The van der Waals surface area contributed by atoms with E-state index in [2.05, 4.69) is 9.88 Å². The van der Waals surface area contributed by atoms with Crippen LogP contribution in [0.1, 0.15) is 41.7 Å². The number of hydrogen-bond acceptors (Lipinski definition) is 3. The SMILES string of the molecule is Cc1ncccc1C(=O)N1CC[C@@H]2CN(C(=O)C3CC3)C[C@@H]2CC1. The normalized spacial score (nSPS) is 26.9. The molecule has 3 fully saturated rings. The van der Waals surface area contributed by atoms with Gasteiger partial charge in [0.25, 0.3) is 5.91 Å². The number of fused-ring (bicyclic) bond motifs is 1. The number of hydrogen-bond donors (Lipinski definition) is 0. The number of carbonyl (C=O) groups is 2. The van der Waals surface area contributed by atoms with E-state index in [1.54, 1.807) is 6.20 Å². The second-order valence-corrected chi connectivity index (χ2v) is 7.54. The Morgan fingerprint density at radius 2 is 1.71 bits per heavy atom. The Morgan fingerprint density at radius 1 is 1.04 bits per heavy atom. The Morgan fingerprint density at radius 3 is 2.29 bits per heavy atom. The smallest absolute Gasteiger partial charge is 0.255 e. The standard InChI is InChI=1S/C19H25N3O2/c1-13-17(3-2-8-20-13)19(24)21-9-6-15-11-22(12-16(15)7-10-21)18(23)14-4-5-14/h2-3,8,14-16H,4-7,9-12H2,1H3/t15-,16+. The van der Waals surface area contributed by atoms with E-state index >= 15 is 0 Å². The van der Waals surface area contributed by atoms with Gasteiger partial charge >= 0.3 is 0 Å². The molecule has 2 saturated heterocycles. The van der Waals surface area contributed by atoms with Crippen LogP contribution >= 0.6 is 0 Å². The summed E-state index contributed by atoms with van der Waals surface area (Å²) in [6.07, 6.45) is 5.90. The van der Waals surface area contributed by atoms with Gasteiger partial charge in [-0.05, 0) is 56.6 Å². The molecule has 0 unspecified atom stereocenters. The molecule has 3 aliphatic rings. The summed E-state index contributed by atoms with van der Waals surface area (Å²) in [5.41, 5.74) is 1.52. The largest absolute Gasteiger partial charge is 0.342 e. The zero-order chi connectivity index (χ0) is 16.7. The highest BCUT2D eigenvalue weighted by Crippen LogP contribution is 2.37. The van der Waals surface area contributed by atoms with E-state index in [0.29, 0.717) is 23.7 Å². The molecule has 5 nitrogen and oxygen atoms in total. The number of aryl methyl sites for hydroxylation is 1. The van der Waals surface area contributed by atoms with Crippen LogP contribution in [0.3, 0.4) is 0 Å². The van der Waals surface area contributed by atoms with E-state index in [4.69, 9.17) is 0 Å². The Balaban J connectivity index is 1.39. The molecule has 1 aromatic rings. The van der Waals surface area contributed by atoms with Crippen molar-refractivity contribution in [3.8, 4) is 0 Å². The van der Waals surface area contributed by atoms with Gasteiger partial charge < -0.3 is 9.80 Å². The Bertz CT molecular complexity index is 640. The maximum Gasteiger partial charge on any atom is 0.255 e. The van der Waals surface area contributed by atoms with Crippen molar-refractivity contribution < 1.29 is 9.59 Å². The average Bonchev–Trinajstić information content (AvgIpc) is 3.38. The lowest BCUT2D eigenvalue weighted by molar-refractivity contribution is -0.131. The summed E-state index contributed by atoms with van der Waals surface area (Å²) in [7, 11) is 0. The topological polar surface area (TPSA) is 53.5 Å². The Labute approximate surface area is 143 Å². The van der Waals surface area contributed by atoms with E-state index in [1.165, 1.54) is 0 Å². The summed E-state index contributed by atoms with van der Waals surface area (Å²) in [4.78, 5) is 33.4. The lowest BCUT2D eigenvalue weighted by Crippen LogP contribution is -2.34. The van der Waals surface area contributed by atoms with Crippen LogP contribution in [-0.2, 0) is 4.79 Å². The maximum absolute atomic E-state index is 12.8. The van der Waals surface area contributed by atoms with Crippen molar-refractivity contribution in [1.82, 2.24) is 14.8 Å². The number of amides is 2. The fourth-order valence-electron chi connectivity index (χ4n) is 4.20. The fraction of sp³-hybridized carbons (Fsp3) is 0.632. The third-order valence-electron chi connectivity index (χ3n) is 5.88. The highest BCUT2D eigenvalue weighted by atomic mass is 16.2. The number of carbonyl (C=O) groups excluding carboxylic acids is 2. The van der Waals surface area contributed by atoms with Crippen LogP contribution in [0.5, 0.6) is 0 Å². The third-order valence-corrected chi connectivity index (χ3v) is 5.88. The molecule has 1 aromatic heterocycles. The molecule has 0 spiro atoms. The van der Waals surface area contributed by atoms with E-state index in [0.717, 1.165) is 63.1 Å². The van der Waals surface area contributed by atoms with Gasteiger partial charge in [-0.3, -0.25) is 14.6 Å². The molecule has 4 rings (SSSR count). The van der Waals surface area contributed by atoms with Gasteiger partial charge in [0.15, 0.2) is 0 Å². The first-order valence-corrected chi connectivity index (χ1v) is 9.13. The molecule has 3 heterocycles. The minimum absolute atomic E-state index is 0.103. The van der Waals surface area contributed by atoms with E-state index < -0.39 is 0 Å². The van der Waals surface area contributed by atoms with Gasteiger partial charge in [0, 0.05) is 44.0 Å². The van der Waals surface area contributed by atoms with Gasteiger partial charge in [0.2, 0.25) is 5.91 Å². The Hall–Kier alpha value is -1.91. The van der Waals surface area contributed by atoms with Gasteiger partial charge in [-0.25, -0.2) is 0 Å². The van der Waals surface area contributed by atoms with Gasteiger partial charge in [0.1, 0.15) is 0 Å². The van der Waals surface area contributed by atoms with Crippen LogP contribution in [0.25, 0.3) is 0 Å². The van der Waals surface area contributed by atoms with Gasteiger partial charge in [-0.1, -0.05) is 0 Å². The first kappa shape index (κ1) is 15.6. The highest BCUT2D eigenvalue weighted by molar-refractivity contribution is 5.95. The molecule has 2 aliphatic heterocycles. The van der Waals surface area contributed by atoms with Crippen molar-refractivity contribution in [2.75, 3.05) is 26.2 Å². The quantitative estimate of drug-likeness (QED) is 0.836. The second kappa shape index (κ2) is 6.19. The van der Waals surface area contributed by atoms with E-state index in [1.807, 2.05) is 24.0 Å². The van der Waals surface area contributed by atoms with Crippen LogP contribution in [0.4, 0.5) is 0 Å². The first-order chi connectivity index (χ1) is 11.6. The molecule has 1 aliphatic carbocycles. The molecular formula is C19H25N3O2. The van der Waals surface area contributed by atoms with Crippen LogP contribution < -0.4 is 0 Å². The molecule has 5 heteroatoms. The van der Waals surface area contributed by atoms with Crippen molar-refractivity contribution >= 4 is 11.8 Å². The Kier molecular flexibility index (Phi) is 4.02. The summed E-state index contributed by atoms with van der Waals surface area (Å²) in [5.74, 6) is 1.91. The monoisotopic (exact) mass is 327 g/mol. The molecule has 0 N–H and O–H groups in total. The van der Waals surface area contributed by atoms with Crippen LogP contribution in [0.15, 0.2) is 18.3 Å². The van der Waals surface area contributed by atoms with Crippen molar-refractivity contribution in [2.24, 2.45) is 17.8 Å². The maximum atomic E-state index is 12.8. The van der Waals surface area contributed by atoms with E-state index in [-0.39, 0.29) is 5.91 Å². The van der Waals surface area contributed by atoms with Gasteiger partial charge in [-0.2, -0.15) is 0 Å². The van der Waals surface area contributed by atoms with Crippen LogP contribution in [0.2, 0.25) is 0 Å². The minimum Gasteiger partial charge on any atom is -0.342 e. The summed E-state index contributed by atoms with van der Waals surface area (Å²) in [6.45, 7) is 5.27. The predicted octanol–water partition coefficient (Wildman–Crippen LogP) is 2.11. The summed E-state index contributed by atoms with van der Waals surface area (Å²) < 4.78 is 0. The number of pyridine rings is 1. The van der Waals surface area contributed by atoms with Crippen LogP contribution in [-0.4, -0.2) is 52.8 Å². The highest BCUT2D eigenvalue weighted by Gasteiger charge is 2.41. The summed E-state index contributed by atoms with van der Waals surface area (Å²) in [6, 6.07) is 3.70. The molecule has 0 radical (unpaired) electrons. The number of aromatic nitrogens is 1. The fourth-order valence-corrected chi connectivity index (χ4v) is 4.20. The summed E-state index contributed by atoms with van der Waals surface area (Å²) in [5, 5.41) is 0. The van der Waals surface area contributed by atoms with Crippen LogP contribution in [0, 0.1) is 24.7 Å². The average molecular weight is 327 g/mol. The van der Waals surface area contributed by atoms with Gasteiger partial charge in [0.05, 0.1) is 5.56 Å². The third kappa shape index (κ3) is 2.92. The number of likely N-dealkylation sites (tertiary alicyclic amines) is 2. The summed E-state index contributed by atoms with van der Waals surface area (Å²) >= 11 is 0. The lowest BCUT2D eigenvalue weighted by atomic mass is 9.92. The zero-order valence-electron chi connectivity index (χ0n) is 14.3. The van der Waals surface area contributed by atoms with Crippen molar-refractivity contribution in [2.45, 2.75) is 32.6 Å². The van der Waals surface area contributed by atoms with Crippen molar-refractivity contribution in [1.29, 1.82) is 0 Å². The van der Waals surface area contributed by atoms with Gasteiger partial charge in [-0.15, -0.1) is 0 Å². The number of nitrogens with zero attached hydrogens (tertiary/aromatic N) is 3. The predicted molar refractivity (Wildman–Crippen MR) is 90.4 cm³/mol. The van der Waals surface area contributed by atoms with E-state index in [9.17, 15) is 9.59 Å². The molecule has 24 heavy (non-hydrogen) atoms. The molecule has 2 amide bonds. The van der Waals surface area contributed by atoms with Crippen molar-refractivity contribution in [3.63, 3.8) is 0 Å². The molecule has 0 bridgehead atoms. The zero-order valence-corrected chi connectivity index (χ0v) is 14.3. The lowest BCUT2D eigenvalue weighted by Gasteiger charge is -2.23. The second-order valence-electron chi connectivity index (χ2n) is 7.54.